The van der Waals surface area contributed by atoms with Gasteiger partial charge in [-0.3, -0.25) is 4.79 Å². The molecule has 0 amide bonds. The summed E-state index contributed by atoms with van der Waals surface area (Å²) in [5.74, 6) is 0. The first kappa shape index (κ1) is 7.81. The molecule has 0 bridgehead atoms. The Labute approximate surface area is 48.3 Å². The first-order valence-electron chi connectivity index (χ1n) is 1.51. The van der Waals surface area contributed by atoms with Crippen molar-refractivity contribution in [2.24, 2.45) is 0 Å². The van der Waals surface area contributed by atoms with Gasteiger partial charge in [0.15, 0.2) is 0 Å². The third-order valence-electron chi connectivity index (χ3n) is 0.363. The van der Waals surface area contributed by atoms with Gasteiger partial charge >= 0.3 is 6.18 Å². The van der Waals surface area contributed by atoms with Gasteiger partial charge in [-0.05, 0) is 0 Å². The summed E-state index contributed by atoms with van der Waals surface area (Å²) >= 11 is -0.0822. The number of carbonyl (C=O) groups excluding carboxylic acids is 1. The van der Waals surface area contributed by atoms with Gasteiger partial charge in [0.2, 0.25) is 0 Å². The van der Waals surface area contributed by atoms with Crippen LogP contribution in [0.4, 0.5) is 13.2 Å². The van der Waals surface area contributed by atoms with Crippen LogP contribution in [0.15, 0.2) is 0 Å². The van der Waals surface area contributed by atoms with E-state index < -0.39 is 11.3 Å². The second-order valence-corrected chi connectivity index (χ2v) is 1.59. The molecule has 47 valence electrons. The summed E-state index contributed by atoms with van der Waals surface area (Å²) in [6.45, 7) is 0. The summed E-state index contributed by atoms with van der Waals surface area (Å²) in [5.41, 5.74) is 0. The number of hydrogen-bond donors (Lipinski definition) is 0. The van der Waals surface area contributed by atoms with Crippen LogP contribution in [0.1, 0.15) is 0 Å². The second-order valence-electron chi connectivity index (χ2n) is 0.930. The largest absolute Gasteiger partial charge is 0.460 e. The molecule has 0 aromatic carbocycles. The Hall–Kier alpha value is -0.190. The maximum atomic E-state index is 11.0. The van der Waals surface area contributed by atoms with Gasteiger partial charge in [0.05, 0.1) is 0 Å². The van der Waals surface area contributed by atoms with Gasteiger partial charge in [-0.1, -0.05) is 11.8 Å². The molecule has 0 unspecified atom stereocenters. The molecule has 1 nitrogen and oxygen atoms in total. The zero-order valence-corrected chi connectivity index (χ0v) is 4.47. The molecule has 0 heterocycles. The maximum Gasteiger partial charge on any atom is 0.460 e. The fourth-order valence-electron chi connectivity index (χ4n) is 0.0818. The average molecular weight is 143 g/mol. The van der Waals surface area contributed by atoms with Crippen LogP contribution < -0.4 is 0 Å². The predicted molar refractivity (Wildman–Crippen MR) is 24.0 cm³/mol. The first-order valence-corrected chi connectivity index (χ1v) is 2.50. The lowest BCUT2D eigenvalue weighted by Gasteiger charge is -1.98. The minimum atomic E-state index is -4.73. The molecule has 8 heavy (non-hydrogen) atoms. The normalized spacial score (nSPS) is 11.5. The number of halogens is 3. The first-order chi connectivity index (χ1) is 3.48. The van der Waals surface area contributed by atoms with Crippen molar-refractivity contribution < 1.29 is 18.0 Å². The summed E-state index contributed by atoms with van der Waals surface area (Å²) < 4.78 is 33.1. The number of carbonyl (C=O) groups is 1. The van der Waals surface area contributed by atoms with E-state index in [-0.39, 0.29) is 11.8 Å². The molecule has 1 radical (unpaired) electrons. The van der Waals surface area contributed by atoms with Crippen LogP contribution in [0, 0.1) is 6.26 Å². The van der Waals surface area contributed by atoms with E-state index >= 15 is 0 Å². The molecule has 0 saturated heterocycles. The van der Waals surface area contributed by atoms with Gasteiger partial charge in [-0.2, -0.15) is 13.2 Å². The predicted octanol–water partition coefficient (Wildman–Crippen LogP) is 1.60. The standard InChI is InChI=1S/C3H2F3OS/c1-8-2(7)3(4,5)6/h1H2. The van der Waals surface area contributed by atoms with Crippen molar-refractivity contribution in [2.75, 3.05) is 0 Å². The van der Waals surface area contributed by atoms with Crippen LogP contribution in [-0.2, 0) is 4.79 Å². The van der Waals surface area contributed by atoms with Gasteiger partial charge in [0, 0.05) is 6.26 Å². The van der Waals surface area contributed by atoms with Gasteiger partial charge in [-0.25, -0.2) is 0 Å². The highest BCUT2D eigenvalue weighted by Crippen LogP contribution is 2.21. The Morgan fingerprint density at radius 3 is 1.88 bits per heavy atom. The van der Waals surface area contributed by atoms with Crippen molar-refractivity contribution in [1.82, 2.24) is 0 Å². The molecule has 0 aliphatic carbocycles. The molecule has 0 N–H and O–H groups in total. The van der Waals surface area contributed by atoms with Crippen LogP contribution in [0.5, 0.6) is 0 Å². The summed E-state index contributed by atoms with van der Waals surface area (Å²) in [4.78, 5) is 9.61. The third kappa shape index (κ3) is 2.20. The molecule has 0 aliphatic heterocycles. The molecule has 0 aromatic rings. The highest BCUT2D eigenvalue weighted by atomic mass is 32.2. The SMILES string of the molecule is [CH2]SC(=O)C(F)(F)F. The zero-order chi connectivity index (χ0) is 6.78. The van der Waals surface area contributed by atoms with Gasteiger partial charge in [0.25, 0.3) is 5.12 Å². The van der Waals surface area contributed by atoms with Crippen LogP contribution in [0.25, 0.3) is 0 Å². The quantitative estimate of drug-likeness (QED) is 0.512. The number of alkyl halides is 3. The topological polar surface area (TPSA) is 17.1 Å². The Bertz CT molecular complexity index is 97.2. The van der Waals surface area contributed by atoms with Crippen molar-refractivity contribution in [3.05, 3.63) is 6.26 Å². The number of thioether (sulfide) groups is 1. The van der Waals surface area contributed by atoms with Crippen LogP contribution in [-0.4, -0.2) is 11.3 Å². The molecule has 0 fully saturated rings. The van der Waals surface area contributed by atoms with Crippen LogP contribution in [0.2, 0.25) is 0 Å². The van der Waals surface area contributed by atoms with E-state index in [0.29, 0.717) is 0 Å². The Kier molecular flexibility index (Phi) is 2.33. The fourth-order valence-corrected chi connectivity index (χ4v) is 0.245. The van der Waals surface area contributed by atoms with E-state index in [1.165, 1.54) is 0 Å². The van der Waals surface area contributed by atoms with Gasteiger partial charge in [0.1, 0.15) is 0 Å². The summed E-state index contributed by atoms with van der Waals surface area (Å²) in [5, 5.41) is -1.86. The van der Waals surface area contributed by atoms with Crippen LogP contribution in [0.3, 0.4) is 0 Å². The van der Waals surface area contributed by atoms with E-state index in [0.717, 1.165) is 0 Å². The fraction of sp³-hybridized carbons (Fsp3) is 0.333. The summed E-state index contributed by atoms with van der Waals surface area (Å²) in [6, 6.07) is 0. The van der Waals surface area contributed by atoms with Crippen molar-refractivity contribution >= 4 is 16.9 Å². The van der Waals surface area contributed by atoms with Crippen molar-refractivity contribution in [3.8, 4) is 0 Å². The molecular formula is C3H2F3OS. The van der Waals surface area contributed by atoms with E-state index in [1.54, 1.807) is 0 Å². The Morgan fingerprint density at radius 2 is 1.88 bits per heavy atom. The lowest BCUT2D eigenvalue weighted by molar-refractivity contribution is -0.160. The maximum absolute atomic E-state index is 11.0. The van der Waals surface area contributed by atoms with E-state index in [9.17, 15) is 18.0 Å². The highest BCUT2D eigenvalue weighted by molar-refractivity contribution is 8.14. The monoisotopic (exact) mass is 143 g/mol. The van der Waals surface area contributed by atoms with Crippen molar-refractivity contribution in [2.45, 2.75) is 6.18 Å². The second kappa shape index (κ2) is 2.39. The zero-order valence-electron chi connectivity index (χ0n) is 3.66. The smallest absolute Gasteiger partial charge is 0.277 e. The molecule has 5 heteroatoms. The molecule has 0 rings (SSSR count). The van der Waals surface area contributed by atoms with Gasteiger partial charge < -0.3 is 0 Å². The summed E-state index contributed by atoms with van der Waals surface area (Å²) in [6.07, 6.45) is -2.03. The third-order valence-corrected chi connectivity index (χ3v) is 0.856. The number of rotatable bonds is 0. The molecule has 0 saturated carbocycles. The lowest BCUT2D eigenvalue weighted by atomic mass is 10.8. The Morgan fingerprint density at radius 1 is 1.50 bits per heavy atom. The molecule has 0 spiro atoms. The molecule has 0 aromatic heterocycles. The Balaban J connectivity index is 3.82. The highest BCUT2D eigenvalue weighted by Gasteiger charge is 2.37. The average Bonchev–Trinajstić information content (AvgIpc) is 1.62. The molecular weight excluding hydrogens is 141 g/mol. The van der Waals surface area contributed by atoms with E-state index in [2.05, 4.69) is 6.26 Å². The number of hydrogen-bond acceptors (Lipinski definition) is 2. The minimum absolute atomic E-state index is 0.0822. The minimum Gasteiger partial charge on any atom is -0.277 e. The molecule has 0 aliphatic rings. The van der Waals surface area contributed by atoms with Gasteiger partial charge in [-0.15, -0.1) is 0 Å². The van der Waals surface area contributed by atoms with E-state index in [1.807, 2.05) is 0 Å². The molecule has 0 atom stereocenters. The van der Waals surface area contributed by atoms with E-state index in [4.69, 9.17) is 0 Å². The lowest BCUT2D eigenvalue weighted by Crippen LogP contribution is -2.17. The van der Waals surface area contributed by atoms with Crippen molar-refractivity contribution in [3.63, 3.8) is 0 Å². The van der Waals surface area contributed by atoms with Crippen molar-refractivity contribution in [1.29, 1.82) is 0 Å². The summed E-state index contributed by atoms with van der Waals surface area (Å²) in [7, 11) is 0. The van der Waals surface area contributed by atoms with Crippen LogP contribution >= 0.6 is 11.8 Å².